The molecule has 0 saturated carbocycles. The lowest BCUT2D eigenvalue weighted by atomic mass is 9.95. The van der Waals surface area contributed by atoms with Gasteiger partial charge in [0, 0.05) is 35.1 Å². The Labute approximate surface area is 219 Å². The van der Waals surface area contributed by atoms with E-state index in [1.54, 1.807) is 18.3 Å². The van der Waals surface area contributed by atoms with E-state index < -0.39 is 25.0 Å². The van der Waals surface area contributed by atoms with Crippen LogP contribution in [0.3, 0.4) is 0 Å². The summed E-state index contributed by atoms with van der Waals surface area (Å²) in [5, 5.41) is 12.6. The van der Waals surface area contributed by atoms with Crippen LogP contribution in [0.4, 0.5) is 14.6 Å². The van der Waals surface area contributed by atoms with Crippen LogP contribution >= 0.6 is 15.9 Å². The van der Waals surface area contributed by atoms with Crippen LogP contribution in [0.25, 0.3) is 0 Å². The summed E-state index contributed by atoms with van der Waals surface area (Å²) < 4.78 is 30.7. The number of aromatic nitrogens is 2. The first-order chi connectivity index (χ1) is 17.4. The molecule has 0 amide bonds. The Morgan fingerprint density at radius 1 is 1.17 bits per heavy atom. The second-order valence-corrected chi connectivity index (χ2v) is 9.98. The molecule has 36 heavy (non-hydrogen) atoms. The van der Waals surface area contributed by atoms with Crippen LogP contribution in [0, 0.1) is 0 Å². The van der Waals surface area contributed by atoms with E-state index in [4.69, 9.17) is 9.72 Å². The lowest BCUT2D eigenvalue weighted by molar-refractivity contribution is -0.138. The first kappa shape index (κ1) is 28.4. The average molecular weight is 569 g/mol. The Bertz CT molecular complexity index is 967. The summed E-state index contributed by atoms with van der Waals surface area (Å²) >= 11 is 3.36. The van der Waals surface area contributed by atoms with Gasteiger partial charge >= 0.3 is 5.97 Å². The van der Waals surface area contributed by atoms with Crippen molar-refractivity contribution in [3.8, 4) is 0 Å². The molecule has 0 spiro atoms. The average Bonchev–Trinajstić information content (AvgIpc) is 2.85. The molecule has 0 bridgehead atoms. The molecule has 0 aliphatic heterocycles. The van der Waals surface area contributed by atoms with Crippen LogP contribution in [0.5, 0.6) is 0 Å². The third-order valence-electron chi connectivity index (χ3n) is 6.26. The first-order valence-corrected chi connectivity index (χ1v) is 13.4. The van der Waals surface area contributed by atoms with Gasteiger partial charge in [-0.2, -0.15) is 0 Å². The molecule has 0 aromatic carbocycles. The molecule has 2 aromatic heterocycles. The van der Waals surface area contributed by atoms with Crippen LogP contribution in [0.2, 0.25) is 0 Å². The molecular formula is C26H35BrF2N4O3. The van der Waals surface area contributed by atoms with Gasteiger partial charge in [0.25, 0.3) is 6.43 Å². The van der Waals surface area contributed by atoms with Crippen molar-refractivity contribution in [2.45, 2.75) is 63.8 Å². The Morgan fingerprint density at radius 3 is 2.78 bits per heavy atom. The smallest absolute Gasteiger partial charge is 0.326 e. The molecule has 2 aromatic rings. The molecule has 1 atom stereocenters. The predicted molar refractivity (Wildman–Crippen MR) is 139 cm³/mol. The van der Waals surface area contributed by atoms with Gasteiger partial charge in [-0.05, 0) is 81.7 Å². The van der Waals surface area contributed by atoms with Crippen LogP contribution in [0.1, 0.15) is 49.1 Å². The van der Waals surface area contributed by atoms with Crippen molar-refractivity contribution in [3.05, 3.63) is 51.9 Å². The van der Waals surface area contributed by atoms with E-state index in [-0.39, 0.29) is 6.61 Å². The van der Waals surface area contributed by atoms with Crippen LogP contribution in [-0.2, 0) is 28.8 Å². The third-order valence-corrected chi connectivity index (χ3v) is 6.76. The fourth-order valence-corrected chi connectivity index (χ4v) is 4.68. The Morgan fingerprint density at radius 2 is 2.00 bits per heavy atom. The maximum absolute atomic E-state index is 12.4. The summed E-state index contributed by atoms with van der Waals surface area (Å²) in [6.45, 7) is 1.27. The lowest BCUT2D eigenvalue weighted by Crippen LogP contribution is -2.37. The van der Waals surface area contributed by atoms with Crippen molar-refractivity contribution in [1.29, 1.82) is 0 Å². The molecule has 0 unspecified atom stereocenters. The number of carbonyl (C=O) groups is 1. The molecule has 2 heterocycles. The van der Waals surface area contributed by atoms with Gasteiger partial charge in [-0.1, -0.05) is 22.0 Å². The minimum Gasteiger partial charge on any atom is -0.480 e. The maximum Gasteiger partial charge on any atom is 0.326 e. The number of alkyl halides is 2. The molecule has 3 rings (SSSR count). The van der Waals surface area contributed by atoms with Crippen LogP contribution in [0.15, 0.2) is 34.9 Å². The van der Waals surface area contributed by atoms with E-state index in [1.165, 1.54) is 24.1 Å². The number of rotatable bonds is 16. The number of unbranched alkanes of at least 4 members (excludes halogenated alkanes) is 1. The highest BCUT2D eigenvalue weighted by molar-refractivity contribution is 9.10. The zero-order chi connectivity index (χ0) is 25.8. The zero-order valence-corrected chi connectivity index (χ0v) is 22.1. The van der Waals surface area contributed by atoms with Gasteiger partial charge < -0.3 is 20.1 Å². The third kappa shape index (κ3) is 10.1. The predicted octanol–water partition coefficient (Wildman–Crippen LogP) is 4.98. The topological polar surface area (TPSA) is 87.6 Å². The van der Waals surface area contributed by atoms with Crippen LogP contribution < -0.4 is 5.32 Å². The molecular weight excluding hydrogens is 534 g/mol. The van der Waals surface area contributed by atoms with E-state index in [9.17, 15) is 18.7 Å². The molecule has 0 saturated heterocycles. The van der Waals surface area contributed by atoms with Gasteiger partial charge in [0.05, 0.1) is 6.61 Å². The highest BCUT2D eigenvalue weighted by Crippen LogP contribution is 2.20. The number of hydrogen-bond acceptors (Lipinski definition) is 6. The number of pyridine rings is 2. The number of nitrogens with zero attached hydrogens (tertiary/aromatic N) is 3. The quantitative estimate of drug-likeness (QED) is 0.276. The van der Waals surface area contributed by atoms with E-state index in [1.807, 2.05) is 0 Å². The number of carboxylic acids is 1. The van der Waals surface area contributed by atoms with Crippen molar-refractivity contribution in [2.75, 3.05) is 38.2 Å². The van der Waals surface area contributed by atoms with E-state index in [0.717, 1.165) is 48.8 Å². The standard InChI is InChI=1S/C26H35BrF2N4O3/c27-20-10-12-30-25(17-20)32-23(26(34)35)11-14-33(15-16-36-18-24(28)29)13-4-3-6-21-9-8-19-5-1-2-7-22(19)31-21/h8-10,12,17,23-24H,1-7,11,13-16,18H2,(H,30,32)(H,34,35)/t23-/m0/s1. The number of aryl methyl sites for hydroxylation is 3. The Kier molecular flexibility index (Phi) is 12.0. The summed E-state index contributed by atoms with van der Waals surface area (Å²) in [6.07, 6.45) is 6.78. The summed E-state index contributed by atoms with van der Waals surface area (Å²) in [5.41, 5.74) is 3.72. The number of carboxylic acid groups (broad SMARTS) is 1. The summed E-state index contributed by atoms with van der Waals surface area (Å²) in [4.78, 5) is 22.9. The Hall–Kier alpha value is -2.17. The minimum atomic E-state index is -2.50. The molecule has 1 aliphatic rings. The van der Waals surface area contributed by atoms with Gasteiger partial charge in [0.2, 0.25) is 0 Å². The van der Waals surface area contributed by atoms with Crippen molar-refractivity contribution < 1.29 is 23.4 Å². The van der Waals surface area contributed by atoms with Crippen molar-refractivity contribution in [1.82, 2.24) is 14.9 Å². The summed E-state index contributed by atoms with van der Waals surface area (Å²) in [7, 11) is 0. The first-order valence-electron chi connectivity index (χ1n) is 12.6. The van der Waals surface area contributed by atoms with E-state index in [0.29, 0.717) is 25.3 Å². The number of nitrogens with one attached hydrogen (secondary N) is 1. The second kappa shape index (κ2) is 15.2. The zero-order valence-electron chi connectivity index (χ0n) is 20.5. The van der Waals surface area contributed by atoms with Crippen LogP contribution in [-0.4, -0.2) is 71.3 Å². The fourth-order valence-electron chi connectivity index (χ4n) is 4.34. The number of aliphatic carboxylic acids is 1. The highest BCUT2D eigenvalue weighted by Gasteiger charge is 2.19. The van der Waals surface area contributed by atoms with Gasteiger partial charge in [0.1, 0.15) is 18.5 Å². The SMILES string of the molecule is O=C(O)[C@H](CCN(CCCCc1ccc2c(n1)CCCC2)CCOCC(F)F)Nc1cc(Br)ccn1. The maximum atomic E-state index is 12.4. The number of anilines is 1. The fraction of sp³-hybridized carbons (Fsp3) is 0.577. The number of ether oxygens (including phenoxy) is 1. The normalized spacial score (nSPS) is 14.1. The largest absolute Gasteiger partial charge is 0.480 e. The molecule has 0 fully saturated rings. The van der Waals surface area contributed by atoms with E-state index in [2.05, 4.69) is 43.3 Å². The molecule has 2 N–H and O–H groups in total. The highest BCUT2D eigenvalue weighted by atomic mass is 79.9. The molecule has 0 radical (unpaired) electrons. The van der Waals surface area contributed by atoms with Gasteiger partial charge in [-0.25, -0.2) is 18.6 Å². The Balaban J connectivity index is 1.49. The molecule has 1 aliphatic carbocycles. The number of halogens is 3. The van der Waals surface area contributed by atoms with E-state index >= 15 is 0 Å². The number of hydrogen-bond donors (Lipinski definition) is 2. The second-order valence-electron chi connectivity index (χ2n) is 9.06. The molecule has 10 heteroatoms. The van der Waals surface area contributed by atoms with Crippen molar-refractivity contribution in [3.63, 3.8) is 0 Å². The molecule has 7 nitrogen and oxygen atoms in total. The van der Waals surface area contributed by atoms with Crippen molar-refractivity contribution >= 4 is 27.7 Å². The monoisotopic (exact) mass is 568 g/mol. The minimum absolute atomic E-state index is 0.176. The molecule has 198 valence electrons. The summed E-state index contributed by atoms with van der Waals surface area (Å²) in [5.74, 6) is -0.495. The lowest BCUT2D eigenvalue weighted by Gasteiger charge is -2.24. The van der Waals surface area contributed by atoms with Gasteiger partial charge in [-0.15, -0.1) is 0 Å². The summed E-state index contributed by atoms with van der Waals surface area (Å²) in [6, 6.07) is 7.00. The van der Waals surface area contributed by atoms with Crippen molar-refractivity contribution in [2.24, 2.45) is 0 Å². The number of fused-ring (bicyclic) bond motifs is 1. The van der Waals surface area contributed by atoms with Gasteiger partial charge in [0.15, 0.2) is 0 Å². The van der Waals surface area contributed by atoms with Gasteiger partial charge in [-0.3, -0.25) is 4.98 Å².